The van der Waals surface area contributed by atoms with E-state index in [0.717, 1.165) is 0 Å². The number of carbonyl (C=O) groups excluding carboxylic acids is 3. The molecule has 0 aromatic heterocycles. The van der Waals surface area contributed by atoms with E-state index in [4.69, 9.17) is 56.6 Å². The first-order valence-electron chi connectivity index (χ1n) is 17.5. The van der Waals surface area contributed by atoms with E-state index in [1.807, 2.05) is 17.8 Å². The SMILES string of the molecule is C#CCC(=O)OCC=C.C#CCOC(=O)C(=O)OCC=C.C#CCOP(=O)(CC=C)CC=C.C#CCOP(=O)(OCC)OCC=C.C#CCOS(=O)(=O)C=C.C#CCS(=O)(=O)OCC=C. The van der Waals surface area contributed by atoms with Crippen LogP contribution in [0.5, 0.6) is 0 Å². The quantitative estimate of drug-likeness (QED) is 0.0207. The summed E-state index contributed by atoms with van der Waals surface area (Å²) in [6.07, 6.45) is 38.5. The van der Waals surface area contributed by atoms with Crippen molar-refractivity contribution in [1.82, 2.24) is 0 Å². The number of carbonyl (C=O) groups is 3. The smallest absolute Gasteiger partial charge is 0.461 e. The summed E-state index contributed by atoms with van der Waals surface area (Å²) < 4.78 is 106. The second-order valence-electron chi connectivity index (χ2n) is 9.79. The molecule has 1 atom stereocenters. The molecule has 358 valence electrons. The molecular weight excluding hydrogens is 931 g/mol. The summed E-state index contributed by atoms with van der Waals surface area (Å²) in [4.78, 5) is 31.6. The lowest BCUT2D eigenvalue weighted by Crippen LogP contribution is -2.20. The van der Waals surface area contributed by atoms with Crippen LogP contribution in [0.3, 0.4) is 0 Å². The molecular formula is C43H56O18P2S2. The van der Waals surface area contributed by atoms with Gasteiger partial charge in [0, 0.05) is 12.3 Å². The maximum absolute atomic E-state index is 11.7. The molecule has 0 N–H and O–H groups in total. The van der Waals surface area contributed by atoms with Gasteiger partial charge in [0.15, 0.2) is 6.61 Å². The predicted molar refractivity (Wildman–Crippen MR) is 251 cm³/mol. The number of phosphoric ester groups is 1. The number of allylic oxidation sites excluding steroid dienone is 2. The zero-order chi connectivity index (χ0) is 51.5. The van der Waals surface area contributed by atoms with E-state index in [1.54, 1.807) is 19.1 Å². The highest BCUT2D eigenvalue weighted by Gasteiger charge is 2.24. The zero-order valence-electron chi connectivity index (χ0n) is 36.2. The minimum atomic E-state index is -3.56. The highest BCUT2D eigenvalue weighted by Crippen LogP contribution is 2.49. The molecule has 1 unspecified atom stereocenters. The van der Waals surface area contributed by atoms with Gasteiger partial charge in [0.05, 0.1) is 25.2 Å². The maximum atomic E-state index is 11.7. The van der Waals surface area contributed by atoms with Crippen LogP contribution in [-0.2, 0) is 84.4 Å². The Bertz CT molecular complexity index is 2030. The molecule has 0 aliphatic carbocycles. The van der Waals surface area contributed by atoms with Crippen molar-refractivity contribution in [2.24, 2.45) is 0 Å². The van der Waals surface area contributed by atoms with E-state index >= 15 is 0 Å². The minimum absolute atomic E-state index is 0.0238. The topological polar surface area (TPSA) is 237 Å². The molecule has 0 saturated heterocycles. The monoisotopic (exact) mass is 986 g/mol. The molecule has 0 aromatic rings. The third-order valence-corrected chi connectivity index (χ3v) is 10.3. The van der Waals surface area contributed by atoms with Crippen LogP contribution in [0, 0.1) is 74.1 Å². The fourth-order valence-electron chi connectivity index (χ4n) is 2.36. The Labute approximate surface area is 385 Å². The summed E-state index contributed by atoms with van der Waals surface area (Å²) in [5.41, 5.74) is 0. The van der Waals surface area contributed by atoms with Crippen LogP contribution in [0.15, 0.2) is 87.9 Å². The summed E-state index contributed by atoms with van der Waals surface area (Å²) in [6, 6.07) is 0. The average Bonchev–Trinajstić information content (AvgIpc) is 3.27. The average molecular weight is 987 g/mol. The van der Waals surface area contributed by atoms with Gasteiger partial charge in [-0.25, -0.2) is 14.2 Å². The van der Waals surface area contributed by atoms with E-state index in [-0.39, 0.29) is 77.6 Å². The van der Waals surface area contributed by atoms with Crippen LogP contribution in [0.4, 0.5) is 0 Å². The first-order chi connectivity index (χ1) is 30.6. The largest absolute Gasteiger partial charge is 0.476 e. The van der Waals surface area contributed by atoms with Crippen molar-refractivity contribution in [2.45, 2.75) is 13.3 Å². The van der Waals surface area contributed by atoms with Crippen molar-refractivity contribution >= 4 is 53.3 Å². The second-order valence-corrected chi connectivity index (χ2v) is 17.3. The van der Waals surface area contributed by atoms with Gasteiger partial charge >= 0.3 is 25.7 Å². The summed E-state index contributed by atoms with van der Waals surface area (Å²) in [6.45, 7) is 25.1. The summed E-state index contributed by atoms with van der Waals surface area (Å²) in [5, 5.41) is 0.699. The fraction of sp³-hybridized carbons (Fsp3) is 0.326. The van der Waals surface area contributed by atoms with Gasteiger partial charge in [0.25, 0.3) is 20.2 Å². The van der Waals surface area contributed by atoms with Gasteiger partial charge in [-0.2, -0.15) is 16.8 Å². The molecule has 0 rings (SSSR count). The van der Waals surface area contributed by atoms with Gasteiger partial charge in [-0.1, -0.05) is 91.7 Å². The molecule has 22 heteroatoms. The lowest BCUT2D eigenvalue weighted by molar-refractivity contribution is -0.166. The Hall–Kier alpha value is -5.93. The maximum Gasteiger partial charge on any atom is 0.476 e. The number of ether oxygens (including phenoxy) is 3. The molecule has 0 saturated carbocycles. The van der Waals surface area contributed by atoms with E-state index in [0.29, 0.717) is 17.7 Å². The van der Waals surface area contributed by atoms with Crippen molar-refractivity contribution in [3.05, 3.63) is 87.9 Å². The molecule has 0 fully saturated rings. The van der Waals surface area contributed by atoms with Gasteiger partial charge in [-0.3, -0.25) is 31.3 Å². The molecule has 0 aliphatic rings. The molecule has 18 nitrogen and oxygen atoms in total. The van der Waals surface area contributed by atoms with E-state index in [1.165, 1.54) is 24.3 Å². The number of terminal acetylenes is 6. The Morgan fingerprint density at radius 2 is 1.02 bits per heavy atom. The van der Waals surface area contributed by atoms with E-state index in [2.05, 4.69) is 86.4 Å². The molecule has 0 aliphatic heterocycles. The highest BCUT2D eigenvalue weighted by atomic mass is 32.2. The predicted octanol–water partition coefficient (Wildman–Crippen LogP) is 5.16. The van der Waals surface area contributed by atoms with Crippen molar-refractivity contribution < 1.29 is 81.0 Å². The van der Waals surface area contributed by atoms with Crippen LogP contribution >= 0.6 is 15.2 Å². The first kappa shape index (κ1) is 70.7. The van der Waals surface area contributed by atoms with Crippen LogP contribution in [-0.4, -0.2) is 112 Å². The first-order valence-corrected chi connectivity index (χ1v) is 24.1. The van der Waals surface area contributed by atoms with Crippen LogP contribution in [0.2, 0.25) is 0 Å². The lowest BCUT2D eigenvalue weighted by Gasteiger charge is -2.14. The molecule has 0 bridgehead atoms. The second kappa shape index (κ2) is 49.1. The molecule has 0 heterocycles. The number of hydrogen-bond donors (Lipinski definition) is 0. The number of hydrogen-bond acceptors (Lipinski definition) is 18. The number of phosphoric acid groups is 1. The normalized spacial score (nSPS) is 10.3. The Morgan fingerprint density at radius 3 is 1.43 bits per heavy atom. The summed E-state index contributed by atoms with van der Waals surface area (Å²) >= 11 is 0. The lowest BCUT2D eigenvalue weighted by atomic mass is 10.5. The van der Waals surface area contributed by atoms with Gasteiger partial charge in [0.2, 0.25) is 7.37 Å². The summed E-state index contributed by atoms with van der Waals surface area (Å²) in [7, 11) is -13.1. The third-order valence-electron chi connectivity index (χ3n) is 4.67. The molecule has 0 aromatic carbocycles. The van der Waals surface area contributed by atoms with Crippen molar-refractivity contribution in [1.29, 1.82) is 0 Å². The molecule has 0 spiro atoms. The van der Waals surface area contributed by atoms with Crippen LogP contribution in [0.1, 0.15) is 13.3 Å². The fourth-order valence-corrected chi connectivity index (χ4v) is 5.80. The van der Waals surface area contributed by atoms with Crippen LogP contribution in [0.25, 0.3) is 0 Å². The van der Waals surface area contributed by atoms with Crippen molar-refractivity contribution in [3.63, 3.8) is 0 Å². The third kappa shape index (κ3) is 56.1. The van der Waals surface area contributed by atoms with Gasteiger partial charge in [0.1, 0.15) is 45.2 Å². The van der Waals surface area contributed by atoms with E-state index in [9.17, 15) is 40.3 Å². The highest BCUT2D eigenvalue weighted by molar-refractivity contribution is 7.89. The summed E-state index contributed by atoms with van der Waals surface area (Å²) in [5.74, 6) is 9.72. The van der Waals surface area contributed by atoms with Crippen molar-refractivity contribution in [2.75, 3.05) is 77.5 Å². The van der Waals surface area contributed by atoms with Gasteiger partial charge in [-0.05, 0) is 6.92 Å². The van der Waals surface area contributed by atoms with Crippen molar-refractivity contribution in [3.8, 4) is 74.1 Å². The Kier molecular flexibility index (Phi) is 53.4. The molecule has 65 heavy (non-hydrogen) atoms. The van der Waals surface area contributed by atoms with E-state index < -0.39 is 47.4 Å². The van der Waals surface area contributed by atoms with Gasteiger partial charge < -0.3 is 18.7 Å². The van der Waals surface area contributed by atoms with Crippen LogP contribution < -0.4 is 0 Å². The Balaban J connectivity index is -0.000000162. The number of esters is 3. The standard InChI is InChI=1S/C9H13O2P.C8H13O4P.C8H8O4.C7H8O2.C6H8O3S.C5H6O3S/c1-4-7-11-12(10,8-5-2)9-6-3;1-4-7-11-13(9,10-6-3)12-8-5-2;1-3-5-11-7(9)8(10)12-6-4-2;1-3-5-7(8)9-6-4-2;1-3-5-9-10(7,8)6-4-2;1-3-5-8-9(6,7)4-2/h1,5-6H,2-3,7-9H2;1,5H,2,6-8H2,3H3;1,4H,2,5-6H2;1,4H,2,5-6H2;2-3H,1,5-6H2;1,4H,2,5H2. The molecule has 0 amide bonds. The minimum Gasteiger partial charge on any atom is -0.461 e. The zero-order valence-corrected chi connectivity index (χ0v) is 39.6. The molecule has 0 radical (unpaired) electrons. The van der Waals surface area contributed by atoms with Gasteiger partial charge in [-0.15, -0.1) is 64.9 Å². The Morgan fingerprint density at radius 1 is 0.538 bits per heavy atom. The number of rotatable bonds is 26.